The lowest BCUT2D eigenvalue weighted by Gasteiger charge is -2.27. The molecule has 0 amide bonds. The lowest BCUT2D eigenvalue weighted by atomic mass is 10.2. The van der Waals surface area contributed by atoms with Crippen LogP contribution >= 0.6 is 0 Å². The van der Waals surface area contributed by atoms with Crippen LogP contribution in [0.3, 0.4) is 0 Å². The highest BCUT2D eigenvalue weighted by atomic mass is 19.1. The number of ether oxygens (including phenoxy) is 2. The van der Waals surface area contributed by atoms with E-state index in [-0.39, 0.29) is 0 Å². The van der Waals surface area contributed by atoms with Gasteiger partial charge in [0.1, 0.15) is 17.0 Å². The van der Waals surface area contributed by atoms with Crippen molar-refractivity contribution in [1.29, 1.82) is 0 Å². The second-order valence-corrected chi connectivity index (χ2v) is 5.97. The van der Waals surface area contributed by atoms with E-state index in [4.69, 9.17) is 14.5 Å². The molecule has 4 rings (SSSR count). The Hall–Kier alpha value is -2.65. The number of nitrogens with zero attached hydrogens (tertiary/aromatic N) is 6. The fraction of sp³-hybridized carbons (Fsp3) is 0.524. The summed E-state index contributed by atoms with van der Waals surface area (Å²) in [4.78, 5) is 19.8. The third-order valence-electron chi connectivity index (χ3n) is 4.26. The van der Waals surface area contributed by atoms with E-state index in [0.717, 1.165) is 0 Å². The second-order valence-electron chi connectivity index (χ2n) is 5.97. The Balaban J connectivity index is 0.000000757. The number of anilines is 1. The van der Waals surface area contributed by atoms with E-state index in [1.165, 1.54) is 12.3 Å². The predicted octanol–water partition coefficient (Wildman–Crippen LogP) is 3.56. The number of halogens is 1. The third-order valence-corrected chi connectivity index (χ3v) is 4.26. The third kappa shape index (κ3) is 5.48. The number of pyridine rings is 1. The van der Waals surface area contributed by atoms with Crippen molar-refractivity contribution in [2.24, 2.45) is 0 Å². The summed E-state index contributed by atoms with van der Waals surface area (Å²) in [6, 6.07) is 1.41. The number of fused-ring (bicyclic) bond motifs is 1. The Morgan fingerprint density at radius 3 is 2.50 bits per heavy atom. The van der Waals surface area contributed by atoms with Gasteiger partial charge in [-0.25, -0.2) is 14.4 Å². The molecule has 164 valence electrons. The van der Waals surface area contributed by atoms with Gasteiger partial charge in [-0.1, -0.05) is 27.7 Å². The van der Waals surface area contributed by atoms with E-state index < -0.39 is 5.82 Å². The largest absolute Gasteiger partial charge is 0.383 e. The van der Waals surface area contributed by atoms with Crippen molar-refractivity contribution in [1.82, 2.24) is 24.5 Å². The van der Waals surface area contributed by atoms with Crippen LogP contribution in [0.2, 0.25) is 0 Å². The van der Waals surface area contributed by atoms with E-state index >= 15 is 0 Å². The van der Waals surface area contributed by atoms with Gasteiger partial charge in [-0.05, 0) is 6.07 Å². The summed E-state index contributed by atoms with van der Waals surface area (Å²) in [6.07, 6.45) is 4.46. The van der Waals surface area contributed by atoms with Gasteiger partial charge < -0.3 is 18.9 Å². The van der Waals surface area contributed by atoms with Crippen LogP contribution in [-0.4, -0.2) is 64.5 Å². The van der Waals surface area contributed by atoms with E-state index in [0.29, 0.717) is 67.8 Å². The minimum absolute atomic E-state index is 0.416. The van der Waals surface area contributed by atoms with Crippen LogP contribution < -0.4 is 4.90 Å². The molecular formula is C21H31FN6O2. The molecule has 3 aromatic heterocycles. The van der Waals surface area contributed by atoms with Gasteiger partial charge in [0.15, 0.2) is 5.65 Å². The van der Waals surface area contributed by atoms with Crippen LogP contribution in [0.5, 0.6) is 0 Å². The summed E-state index contributed by atoms with van der Waals surface area (Å²) in [5, 5.41) is 0. The van der Waals surface area contributed by atoms with E-state index in [1.54, 1.807) is 19.6 Å². The first-order valence-corrected chi connectivity index (χ1v) is 10.4. The molecule has 1 fully saturated rings. The maximum atomic E-state index is 13.7. The molecule has 0 unspecified atom stereocenters. The van der Waals surface area contributed by atoms with Crippen LogP contribution in [0.1, 0.15) is 27.7 Å². The van der Waals surface area contributed by atoms with Crippen molar-refractivity contribution in [2.75, 3.05) is 44.9 Å². The van der Waals surface area contributed by atoms with Crippen molar-refractivity contribution < 1.29 is 13.9 Å². The molecule has 0 atom stereocenters. The molecule has 0 radical (unpaired) electrons. The summed E-state index contributed by atoms with van der Waals surface area (Å²) in [5.74, 6) is 0.167. The summed E-state index contributed by atoms with van der Waals surface area (Å²) < 4.78 is 26.2. The molecule has 9 heteroatoms. The molecular weight excluding hydrogens is 387 g/mol. The van der Waals surface area contributed by atoms with Gasteiger partial charge in [-0.3, -0.25) is 4.98 Å². The predicted molar refractivity (Wildman–Crippen MR) is 116 cm³/mol. The molecule has 0 N–H and O–H groups in total. The van der Waals surface area contributed by atoms with Gasteiger partial charge in [0.25, 0.3) is 0 Å². The maximum absolute atomic E-state index is 13.7. The number of methoxy groups -OCH3 is 1. The normalized spacial score (nSPS) is 13.3. The van der Waals surface area contributed by atoms with Gasteiger partial charge in [0, 0.05) is 38.5 Å². The number of imidazole rings is 1. The molecule has 30 heavy (non-hydrogen) atoms. The zero-order valence-electron chi connectivity index (χ0n) is 18.4. The molecule has 1 saturated heterocycles. The van der Waals surface area contributed by atoms with Gasteiger partial charge in [0.05, 0.1) is 32.3 Å². The Morgan fingerprint density at radius 2 is 1.83 bits per heavy atom. The smallest absolute Gasteiger partial charge is 0.228 e. The van der Waals surface area contributed by atoms with Gasteiger partial charge >= 0.3 is 0 Å². The average molecular weight is 419 g/mol. The maximum Gasteiger partial charge on any atom is 0.228 e. The molecule has 8 nitrogen and oxygen atoms in total. The van der Waals surface area contributed by atoms with Gasteiger partial charge in [0.2, 0.25) is 5.95 Å². The zero-order valence-corrected chi connectivity index (χ0v) is 18.4. The van der Waals surface area contributed by atoms with Crippen molar-refractivity contribution in [3.05, 3.63) is 30.6 Å². The number of hydrogen-bond donors (Lipinski definition) is 0. The van der Waals surface area contributed by atoms with Crippen molar-refractivity contribution in [2.45, 2.75) is 34.2 Å². The standard InChI is InChI=1S/C17H19FN6O2.2C2H6/c1-25-5-2-24-11-20-15-14(12-8-13(18)10-19-9-12)21-17(22-16(15)24)23-3-6-26-7-4-23;2*1-2/h8-11H,2-7H2,1H3;2*1-2H3. The van der Waals surface area contributed by atoms with Crippen LogP contribution in [0.15, 0.2) is 24.8 Å². The van der Waals surface area contributed by atoms with Crippen molar-refractivity contribution >= 4 is 17.1 Å². The zero-order chi connectivity index (χ0) is 21.9. The number of rotatable bonds is 5. The molecule has 1 aliphatic rings. The first-order valence-electron chi connectivity index (χ1n) is 10.4. The second kappa shape index (κ2) is 12.1. The number of morpholine rings is 1. The highest BCUT2D eigenvalue weighted by Crippen LogP contribution is 2.27. The lowest BCUT2D eigenvalue weighted by molar-refractivity contribution is 0.122. The SMILES string of the molecule is CC.CC.COCCn1cnc2c(-c3cncc(F)c3)nc(N3CCOCC3)nc21. The molecule has 0 aromatic carbocycles. The van der Waals surface area contributed by atoms with Crippen molar-refractivity contribution in [3.8, 4) is 11.3 Å². The number of hydrogen-bond acceptors (Lipinski definition) is 7. The molecule has 0 spiro atoms. The minimum Gasteiger partial charge on any atom is -0.383 e. The average Bonchev–Trinajstić information content (AvgIpc) is 3.23. The first kappa shape index (κ1) is 23.6. The fourth-order valence-corrected chi connectivity index (χ4v) is 2.93. The van der Waals surface area contributed by atoms with Crippen LogP contribution in [0, 0.1) is 5.82 Å². The van der Waals surface area contributed by atoms with Crippen LogP contribution in [0.25, 0.3) is 22.4 Å². The van der Waals surface area contributed by atoms with E-state index in [1.807, 2.05) is 32.3 Å². The highest BCUT2D eigenvalue weighted by molar-refractivity contribution is 5.88. The molecule has 0 saturated carbocycles. The van der Waals surface area contributed by atoms with E-state index in [9.17, 15) is 4.39 Å². The van der Waals surface area contributed by atoms with Crippen molar-refractivity contribution in [3.63, 3.8) is 0 Å². The minimum atomic E-state index is -0.416. The topological polar surface area (TPSA) is 78.2 Å². The highest BCUT2D eigenvalue weighted by Gasteiger charge is 2.20. The van der Waals surface area contributed by atoms with Crippen LogP contribution in [-0.2, 0) is 16.0 Å². The molecule has 1 aliphatic heterocycles. The molecule has 4 heterocycles. The Labute approximate surface area is 177 Å². The van der Waals surface area contributed by atoms with Gasteiger partial charge in [-0.2, -0.15) is 4.98 Å². The molecule has 0 aliphatic carbocycles. The summed E-state index contributed by atoms with van der Waals surface area (Å²) >= 11 is 0. The fourth-order valence-electron chi connectivity index (χ4n) is 2.93. The molecule has 0 bridgehead atoms. The Morgan fingerprint density at radius 1 is 1.10 bits per heavy atom. The number of aromatic nitrogens is 5. The molecule has 3 aromatic rings. The monoisotopic (exact) mass is 418 g/mol. The summed E-state index contributed by atoms with van der Waals surface area (Å²) in [5.41, 5.74) is 2.45. The first-order chi connectivity index (χ1) is 14.8. The van der Waals surface area contributed by atoms with Gasteiger partial charge in [-0.15, -0.1) is 0 Å². The van der Waals surface area contributed by atoms with Crippen LogP contribution in [0.4, 0.5) is 10.3 Å². The Bertz CT molecular complexity index is 912. The van der Waals surface area contributed by atoms with E-state index in [2.05, 4.69) is 19.9 Å². The Kier molecular flexibility index (Phi) is 9.56. The summed E-state index contributed by atoms with van der Waals surface area (Å²) in [7, 11) is 1.65. The summed E-state index contributed by atoms with van der Waals surface area (Å²) in [6.45, 7) is 11.8. The lowest BCUT2D eigenvalue weighted by Crippen LogP contribution is -2.37. The quantitative estimate of drug-likeness (QED) is 0.627.